The number of amides is 1. The van der Waals surface area contributed by atoms with Crippen LogP contribution in [0.3, 0.4) is 0 Å². The lowest BCUT2D eigenvalue weighted by molar-refractivity contribution is 0.0923. The molecule has 0 bridgehead atoms. The first kappa shape index (κ1) is 14.5. The van der Waals surface area contributed by atoms with Crippen LogP contribution in [-0.4, -0.2) is 30.5 Å². The molecule has 0 saturated heterocycles. The number of nitrogens with zero attached hydrogens (tertiary/aromatic N) is 5. The first-order valence-electron chi connectivity index (χ1n) is 6.44. The Bertz CT molecular complexity index is 585. The molecular formula is C12H17ClN6O. The van der Waals surface area contributed by atoms with Crippen LogP contribution in [0.5, 0.6) is 0 Å². The molecule has 0 unspecified atom stereocenters. The maximum absolute atomic E-state index is 12.3. The van der Waals surface area contributed by atoms with E-state index in [1.165, 1.54) is 17.2 Å². The van der Waals surface area contributed by atoms with E-state index in [0.717, 1.165) is 5.82 Å². The molecule has 0 aromatic carbocycles. The van der Waals surface area contributed by atoms with E-state index < -0.39 is 0 Å². The maximum Gasteiger partial charge on any atom is 0.271 e. The predicted molar refractivity (Wildman–Crippen MR) is 74.4 cm³/mol. The maximum atomic E-state index is 12.3. The molecule has 0 saturated carbocycles. The van der Waals surface area contributed by atoms with Crippen molar-refractivity contribution in [3.63, 3.8) is 0 Å². The number of carbonyl (C=O) groups is 1. The average molecular weight is 297 g/mol. The summed E-state index contributed by atoms with van der Waals surface area (Å²) in [6.45, 7) is 4.66. The van der Waals surface area contributed by atoms with Crippen molar-refractivity contribution in [3.05, 3.63) is 29.1 Å². The van der Waals surface area contributed by atoms with E-state index >= 15 is 0 Å². The van der Waals surface area contributed by atoms with E-state index in [2.05, 4.69) is 20.5 Å². The molecule has 1 N–H and O–H groups in total. The van der Waals surface area contributed by atoms with Gasteiger partial charge in [0.2, 0.25) is 0 Å². The molecular weight excluding hydrogens is 280 g/mol. The Hall–Kier alpha value is -1.89. The van der Waals surface area contributed by atoms with E-state index in [4.69, 9.17) is 11.6 Å². The predicted octanol–water partition coefficient (Wildman–Crippen LogP) is 1.57. The van der Waals surface area contributed by atoms with Crippen molar-refractivity contribution >= 4 is 17.5 Å². The number of hydrogen-bond acceptors (Lipinski definition) is 4. The first-order valence-corrected chi connectivity index (χ1v) is 6.82. The van der Waals surface area contributed by atoms with Gasteiger partial charge in [0.05, 0.1) is 17.3 Å². The van der Waals surface area contributed by atoms with Gasteiger partial charge in [-0.2, -0.15) is 10.2 Å². The molecule has 0 spiro atoms. The molecule has 1 atom stereocenters. The van der Waals surface area contributed by atoms with Crippen molar-refractivity contribution in [2.75, 3.05) is 0 Å². The largest absolute Gasteiger partial charge is 0.341 e. The number of nitrogens with one attached hydrogen (secondary N) is 1. The summed E-state index contributed by atoms with van der Waals surface area (Å²) in [6.07, 6.45) is 3.65. The molecule has 2 aromatic heterocycles. The van der Waals surface area contributed by atoms with E-state index in [-0.39, 0.29) is 11.9 Å². The average Bonchev–Trinajstić information content (AvgIpc) is 3.02. The third-order valence-corrected chi connectivity index (χ3v) is 3.36. The summed E-state index contributed by atoms with van der Waals surface area (Å²) in [5.74, 6) is 0.467. The number of hydrogen-bond donors (Lipinski definition) is 1. The molecule has 0 aliphatic heterocycles. The van der Waals surface area contributed by atoms with Gasteiger partial charge in [0.25, 0.3) is 5.91 Å². The minimum Gasteiger partial charge on any atom is -0.341 e. The Balaban J connectivity index is 2.21. The SMILES string of the molecule is CC[C@@H](NC(=O)c1c(Cl)cnn1C)c1ncnn1CC. The van der Waals surface area contributed by atoms with Gasteiger partial charge in [0, 0.05) is 13.6 Å². The third-order valence-electron chi connectivity index (χ3n) is 3.08. The summed E-state index contributed by atoms with van der Waals surface area (Å²) >= 11 is 5.97. The number of rotatable bonds is 5. The zero-order chi connectivity index (χ0) is 14.7. The monoisotopic (exact) mass is 296 g/mol. The highest BCUT2D eigenvalue weighted by molar-refractivity contribution is 6.33. The lowest BCUT2D eigenvalue weighted by Gasteiger charge is -2.17. The lowest BCUT2D eigenvalue weighted by Crippen LogP contribution is -2.31. The summed E-state index contributed by atoms with van der Waals surface area (Å²) in [5, 5.41) is 11.3. The molecule has 8 heteroatoms. The zero-order valence-corrected chi connectivity index (χ0v) is 12.4. The Morgan fingerprint density at radius 1 is 1.45 bits per heavy atom. The van der Waals surface area contributed by atoms with Crippen molar-refractivity contribution in [1.29, 1.82) is 0 Å². The van der Waals surface area contributed by atoms with Crippen LogP contribution in [0.25, 0.3) is 0 Å². The van der Waals surface area contributed by atoms with Crippen molar-refractivity contribution in [3.8, 4) is 0 Å². The molecule has 0 radical (unpaired) electrons. The molecule has 2 aromatic rings. The van der Waals surface area contributed by atoms with E-state index in [1.54, 1.807) is 11.7 Å². The highest BCUT2D eigenvalue weighted by Gasteiger charge is 2.22. The summed E-state index contributed by atoms with van der Waals surface area (Å²) in [4.78, 5) is 16.5. The fraction of sp³-hybridized carbons (Fsp3) is 0.500. The van der Waals surface area contributed by atoms with Crippen LogP contribution in [-0.2, 0) is 13.6 Å². The highest BCUT2D eigenvalue weighted by atomic mass is 35.5. The zero-order valence-electron chi connectivity index (χ0n) is 11.7. The normalized spacial score (nSPS) is 12.4. The molecule has 108 valence electrons. The fourth-order valence-electron chi connectivity index (χ4n) is 2.03. The number of aryl methyl sites for hydroxylation is 2. The Morgan fingerprint density at radius 3 is 2.75 bits per heavy atom. The van der Waals surface area contributed by atoms with Crippen LogP contribution < -0.4 is 5.32 Å². The van der Waals surface area contributed by atoms with Gasteiger partial charge >= 0.3 is 0 Å². The topological polar surface area (TPSA) is 77.6 Å². The molecule has 0 aliphatic rings. The standard InChI is InChI=1S/C12H17ClN6O/c1-4-9(11-14-7-16-19(11)5-2)17-12(20)10-8(13)6-15-18(10)3/h6-7,9H,4-5H2,1-3H3,(H,17,20)/t9-/m1/s1. The van der Waals surface area contributed by atoms with Gasteiger partial charge in [-0.3, -0.25) is 9.48 Å². The van der Waals surface area contributed by atoms with Crippen LogP contribution in [0, 0.1) is 0 Å². The van der Waals surface area contributed by atoms with Gasteiger partial charge in [-0.05, 0) is 13.3 Å². The van der Waals surface area contributed by atoms with Crippen LogP contribution >= 0.6 is 11.6 Å². The molecule has 0 aliphatic carbocycles. The molecule has 0 fully saturated rings. The van der Waals surface area contributed by atoms with Crippen LogP contribution in [0.2, 0.25) is 5.02 Å². The molecule has 2 rings (SSSR count). The summed E-state index contributed by atoms with van der Waals surface area (Å²) < 4.78 is 3.22. The highest BCUT2D eigenvalue weighted by Crippen LogP contribution is 2.18. The third kappa shape index (κ3) is 2.67. The first-order chi connectivity index (χ1) is 9.58. The number of aromatic nitrogens is 5. The minimum atomic E-state index is -0.271. The van der Waals surface area contributed by atoms with Gasteiger partial charge < -0.3 is 5.32 Å². The van der Waals surface area contributed by atoms with Crippen LogP contribution in [0.4, 0.5) is 0 Å². The van der Waals surface area contributed by atoms with Crippen molar-refractivity contribution in [2.24, 2.45) is 7.05 Å². The summed E-state index contributed by atoms with van der Waals surface area (Å²) in [6, 6.07) is -0.212. The lowest BCUT2D eigenvalue weighted by atomic mass is 10.2. The van der Waals surface area contributed by atoms with Gasteiger partial charge in [0.15, 0.2) is 0 Å². The summed E-state index contributed by atoms with van der Waals surface area (Å²) in [7, 11) is 1.68. The van der Waals surface area contributed by atoms with Crippen LogP contribution in [0.15, 0.2) is 12.5 Å². The number of carbonyl (C=O) groups excluding carboxylic acids is 1. The van der Waals surface area contributed by atoms with Gasteiger partial charge in [0.1, 0.15) is 17.8 Å². The smallest absolute Gasteiger partial charge is 0.271 e. The second-order valence-electron chi connectivity index (χ2n) is 4.33. The van der Waals surface area contributed by atoms with Crippen LogP contribution in [0.1, 0.15) is 42.6 Å². The Morgan fingerprint density at radius 2 is 2.20 bits per heavy atom. The fourth-order valence-corrected chi connectivity index (χ4v) is 2.28. The molecule has 20 heavy (non-hydrogen) atoms. The quantitative estimate of drug-likeness (QED) is 0.908. The van der Waals surface area contributed by atoms with Gasteiger partial charge in [-0.25, -0.2) is 9.67 Å². The van der Waals surface area contributed by atoms with Crippen molar-refractivity contribution in [2.45, 2.75) is 32.9 Å². The second kappa shape index (κ2) is 6.04. The Kier molecular flexibility index (Phi) is 4.39. The number of halogens is 1. The van der Waals surface area contributed by atoms with Gasteiger partial charge in [-0.1, -0.05) is 18.5 Å². The van der Waals surface area contributed by atoms with E-state index in [1.807, 2.05) is 13.8 Å². The van der Waals surface area contributed by atoms with E-state index in [9.17, 15) is 4.79 Å². The Labute approximate surface area is 121 Å². The summed E-state index contributed by atoms with van der Waals surface area (Å²) in [5.41, 5.74) is 0.340. The minimum absolute atomic E-state index is 0.212. The van der Waals surface area contributed by atoms with Crippen molar-refractivity contribution < 1.29 is 4.79 Å². The molecule has 1 amide bonds. The molecule has 2 heterocycles. The second-order valence-corrected chi connectivity index (χ2v) is 4.74. The molecule has 7 nitrogen and oxygen atoms in total. The van der Waals surface area contributed by atoms with Gasteiger partial charge in [-0.15, -0.1) is 0 Å². The van der Waals surface area contributed by atoms with Crippen molar-refractivity contribution in [1.82, 2.24) is 29.9 Å². The van der Waals surface area contributed by atoms with E-state index in [0.29, 0.717) is 23.7 Å².